The minimum absolute atomic E-state index is 0.0208. The fraction of sp³-hybridized carbons (Fsp3) is 0.406. The summed E-state index contributed by atoms with van der Waals surface area (Å²) in [4.78, 5) is 30.1. The van der Waals surface area contributed by atoms with Crippen molar-refractivity contribution >= 4 is 17.8 Å². The van der Waals surface area contributed by atoms with Gasteiger partial charge in [-0.15, -0.1) is 0 Å². The van der Waals surface area contributed by atoms with Crippen LogP contribution in [0.15, 0.2) is 66.9 Å². The van der Waals surface area contributed by atoms with E-state index in [1.165, 1.54) is 4.90 Å². The van der Waals surface area contributed by atoms with Gasteiger partial charge in [0.25, 0.3) is 0 Å². The van der Waals surface area contributed by atoms with Gasteiger partial charge in [0.1, 0.15) is 5.82 Å². The number of pyridine rings is 1. The van der Waals surface area contributed by atoms with E-state index in [4.69, 9.17) is 5.73 Å². The van der Waals surface area contributed by atoms with Gasteiger partial charge in [-0.25, -0.2) is 9.78 Å². The molecular formula is C32H38N4O4. The van der Waals surface area contributed by atoms with Crippen LogP contribution in [-0.4, -0.2) is 50.8 Å². The van der Waals surface area contributed by atoms with Crippen molar-refractivity contribution in [3.8, 4) is 22.3 Å². The van der Waals surface area contributed by atoms with Gasteiger partial charge in [0.05, 0.1) is 5.60 Å². The number of nitrogens with one attached hydrogen (secondary N) is 1. The van der Waals surface area contributed by atoms with Crippen molar-refractivity contribution in [3.05, 3.63) is 72.4 Å². The number of amides is 2. The van der Waals surface area contributed by atoms with Crippen LogP contribution in [0, 0.1) is 5.92 Å². The molecule has 2 aliphatic rings. The van der Waals surface area contributed by atoms with Gasteiger partial charge in [-0.3, -0.25) is 4.79 Å². The molecule has 5 N–H and O–H groups in total. The van der Waals surface area contributed by atoms with Gasteiger partial charge < -0.3 is 26.2 Å². The Labute approximate surface area is 235 Å². The second-order valence-corrected chi connectivity index (χ2v) is 11.9. The Morgan fingerprint density at radius 1 is 1.00 bits per heavy atom. The average molecular weight is 543 g/mol. The number of aliphatic hydroxyl groups is 1. The Kier molecular flexibility index (Phi) is 7.66. The van der Waals surface area contributed by atoms with Crippen molar-refractivity contribution in [2.24, 2.45) is 11.7 Å². The summed E-state index contributed by atoms with van der Waals surface area (Å²) in [7, 11) is 1.61. The third-order valence-corrected chi connectivity index (χ3v) is 8.56. The number of carboxylic acid groups (broad SMARTS) is 1. The van der Waals surface area contributed by atoms with Gasteiger partial charge in [-0.05, 0) is 79.7 Å². The first-order valence-corrected chi connectivity index (χ1v) is 14.0. The molecule has 0 unspecified atom stereocenters. The second-order valence-electron chi connectivity index (χ2n) is 11.9. The van der Waals surface area contributed by atoms with Crippen LogP contribution in [0.25, 0.3) is 22.3 Å². The van der Waals surface area contributed by atoms with E-state index in [2.05, 4.69) is 10.3 Å². The maximum Gasteiger partial charge on any atom is 0.407 e. The van der Waals surface area contributed by atoms with Crippen LogP contribution in [0.2, 0.25) is 0 Å². The summed E-state index contributed by atoms with van der Waals surface area (Å²) in [5, 5.41) is 22.4. The molecule has 2 aromatic carbocycles. The van der Waals surface area contributed by atoms with Crippen LogP contribution in [0.5, 0.6) is 0 Å². The number of aromatic nitrogens is 1. The van der Waals surface area contributed by atoms with Crippen molar-refractivity contribution in [3.63, 3.8) is 0 Å². The van der Waals surface area contributed by atoms with E-state index in [9.17, 15) is 19.8 Å². The Morgan fingerprint density at radius 3 is 2.23 bits per heavy atom. The molecular weight excluding hydrogens is 504 g/mol. The lowest BCUT2D eigenvalue weighted by Crippen LogP contribution is -2.58. The zero-order valence-corrected chi connectivity index (χ0v) is 23.1. The fourth-order valence-corrected chi connectivity index (χ4v) is 6.45. The summed E-state index contributed by atoms with van der Waals surface area (Å²) in [6.07, 6.45) is 5.55. The first kappa shape index (κ1) is 27.8. The summed E-state index contributed by atoms with van der Waals surface area (Å²) in [5.41, 5.74) is 10.2. The van der Waals surface area contributed by atoms with Crippen LogP contribution in [0.1, 0.15) is 57.4 Å². The van der Waals surface area contributed by atoms with E-state index in [1.54, 1.807) is 13.2 Å². The lowest BCUT2D eigenvalue weighted by molar-refractivity contribution is -0.117. The number of nitrogens with two attached hydrogens (primary N) is 1. The fourth-order valence-electron chi connectivity index (χ4n) is 6.45. The molecule has 0 bridgehead atoms. The summed E-state index contributed by atoms with van der Waals surface area (Å²) in [6, 6.07) is 20.1. The van der Waals surface area contributed by atoms with E-state index < -0.39 is 17.2 Å². The van der Waals surface area contributed by atoms with Crippen LogP contribution in [0.3, 0.4) is 0 Å². The normalized spacial score (nSPS) is 26.0. The van der Waals surface area contributed by atoms with Gasteiger partial charge in [0.15, 0.2) is 0 Å². The maximum atomic E-state index is 12.9. The standard InChI is InChI=1S/C32H38N4O4/c1-31(40)19-32(33,20-31)24-12-10-23(11-13-24)27-18-34-28(17-26(27)22-6-4-3-5-7-22)35-29(37)16-21-8-14-25(15-9-21)36(2)30(38)39/h3-7,10-13,17-18,21,25,40H,8-9,14-16,19-20,33H2,1-2H3,(H,38,39)(H,34,35,37). The molecule has 0 radical (unpaired) electrons. The monoisotopic (exact) mass is 542 g/mol. The molecule has 0 atom stereocenters. The lowest BCUT2D eigenvalue weighted by Gasteiger charge is -2.49. The number of hydrogen-bond acceptors (Lipinski definition) is 5. The molecule has 8 heteroatoms. The smallest absolute Gasteiger partial charge is 0.407 e. The van der Waals surface area contributed by atoms with Crippen LogP contribution < -0.4 is 11.1 Å². The molecule has 1 heterocycles. The van der Waals surface area contributed by atoms with Crippen molar-refractivity contribution in [2.45, 2.75) is 69.1 Å². The molecule has 2 saturated carbocycles. The van der Waals surface area contributed by atoms with Crippen molar-refractivity contribution < 1.29 is 19.8 Å². The Hall–Kier alpha value is -3.75. The average Bonchev–Trinajstić information content (AvgIpc) is 2.92. The lowest BCUT2D eigenvalue weighted by atomic mass is 9.63. The topological polar surface area (TPSA) is 129 Å². The number of nitrogens with zero attached hydrogens (tertiary/aromatic N) is 2. The van der Waals surface area contributed by atoms with Gasteiger partial charge in [0, 0.05) is 36.8 Å². The summed E-state index contributed by atoms with van der Waals surface area (Å²) in [5.74, 6) is 0.652. The summed E-state index contributed by atoms with van der Waals surface area (Å²) < 4.78 is 0. The summed E-state index contributed by atoms with van der Waals surface area (Å²) >= 11 is 0. The van der Waals surface area contributed by atoms with E-state index >= 15 is 0 Å². The second kappa shape index (κ2) is 11.0. The Balaban J connectivity index is 1.30. The minimum Gasteiger partial charge on any atom is -0.465 e. The molecule has 0 spiro atoms. The Morgan fingerprint density at radius 2 is 1.62 bits per heavy atom. The van der Waals surface area contributed by atoms with Crippen molar-refractivity contribution in [1.82, 2.24) is 9.88 Å². The molecule has 2 fully saturated rings. The number of anilines is 1. The molecule has 210 valence electrons. The number of carbonyl (C=O) groups excluding carboxylic acids is 1. The molecule has 0 saturated heterocycles. The molecule has 40 heavy (non-hydrogen) atoms. The zero-order valence-electron chi connectivity index (χ0n) is 23.1. The quantitative estimate of drug-likeness (QED) is 0.307. The first-order chi connectivity index (χ1) is 19.0. The van der Waals surface area contributed by atoms with Crippen molar-refractivity contribution in [1.29, 1.82) is 0 Å². The van der Waals surface area contributed by atoms with Crippen molar-refractivity contribution in [2.75, 3.05) is 12.4 Å². The minimum atomic E-state index is -0.906. The van der Waals surface area contributed by atoms with E-state index in [0.29, 0.717) is 25.1 Å². The van der Waals surface area contributed by atoms with Crippen LogP contribution in [0.4, 0.5) is 10.6 Å². The first-order valence-electron chi connectivity index (χ1n) is 14.0. The van der Waals surface area contributed by atoms with Crippen LogP contribution in [-0.2, 0) is 10.3 Å². The molecule has 1 aromatic heterocycles. The SMILES string of the molecule is CN(C(=O)O)C1CCC(CC(=O)Nc2cc(-c3ccccc3)c(-c3ccc(C4(N)CC(C)(O)C4)cc3)cn2)CC1. The predicted octanol–water partition coefficient (Wildman–Crippen LogP) is 5.61. The van der Waals surface area contributed by atoms with Gasteiger partial charge >= 0.3 is 6.09 Å². The molecule has 2 amide bonds. The Bertz CT molecular complexity index is 1360. The number of hydrogen-bond donors (Lipinski definition) is 4. The van der Waals surface area contributed by atoms with E-state index in [0.717, 1.165) is 53.5 Å². The molecule has 8 nitrogen and oxygen atoms in total. The highest BCUT2D eigenvalue weighted by Gasteiger charge is 2.49. The van der Waals surface area contributed by atoms with Gasteiger partial charge in [0.2, 0.25) is 5.91 Å². The largest absolute Gasteiger partial charge is 0.465 e. The van der Waals surface area contributed by atoms with E-state index in [1.807, 2.05) is 67.6 Å². The van der Waals surface area contributed by atoms with Crippen LogP contribution >= 0.6 is 0 Å². The van der Waals surface area contributed by atoms with Gasteiger partial charge in [-0.1, -0.05) is 54.6 Å². The molecule has 3 aromatic rings. The third-order valence-electron chi connectivity index (χ3n) is 8.56. The zero-order chi connectivity index (χ0) is 28.5. The van der Waals surface area contributed by atoms with Gasteiger partial charge in [-0.2, -0.15) is 0 Å². The molecule has 2 aliphatic carbocycles. The summed E-state index contributed by atoms with van der Waals surface area (Å²) in [6.45, 7) is 1.82. The number of carbonyl (C=O) groups is 2. The van der Waals surface area contributed by atoms with E-state index in [-0.39, 0.29) is 17.9 Å². The highest BCUT2D eigenvalue weighted by Crippen LogP contribution is 2.46. The number of rotatable bonds is 7. The maximum absolute atomic E-state index is 12.9. The third kappa shape index (κ3) is 6.03. The predicted molar refractivity (Wildman–Crippen MR) is 156 cm³/mol. The molecule has 0 aliphatic heterocycles. The number of benzene rings is 2. The highest BCUT2D eigenvalue weighted by atomic mass is 16.4. The molecule has 5 rings (SSSR count). The highest BCUT2D eigenvalue weighted by molar-refractivity contribution is 5.92.